The highest BCUT2D eigenvalue weighted by atomic mass is 16.3. The van der Waals surface area contributed by atoms with Crippen LogP contribution in [-0.4, -0.2) is 18.2 Å². The van der Waals surface area contributed by atoms with Gasteiger partial charge in [-0.3, -0.25) is 0 Å². The van der Waals surface area contributed by atoms with E-state index in [4.69, 9.17) is 0 Å². The van der Waals surface area contributed by atoms with Crippen molar-refractivity contribution in [2.75, 3.05) is 13.1 Å². The summed E-state index contributed by atoms with van der Waals surface area (Å²) in [5.41, 5.74) is 2.73. The average Bonchev–Trinajstić information content (AvgIpc) is 2.54. The predicted octanol–water partition coefficient (Wildman–Crippen LogP) is 3.89. The summed E-state index contributed by atoms with van der Waals surface area (Å²) in [7, 11) is 0. The van der Waals surface area contributed by atoms with Crippen LogP contribution < -0.4 is 5.32 Å². The number of benzene rings is 2. The molecule has 2 nitrogen and oxygen atoms in total. The van der Waals surface area contributed by atoms with Crippen molar-refractivity contribution in [1.82, 2.24) is 5.32 Å². The minimum atomic E-state index is 0.0915. The average molecular weight is 283 g/mol. The predicted molar refractivity (Wildman–Crippen MR) is 88.8 cm³/mol. The smallest absolute Gasteiger partial charge is 0.115 e. The Labute approximate surface area is 127 Å². The maximum atomic E-state index is 9.46. The lowest BCUT2D eigenvalue weighted by atomic mass is 9.73. The van der Waals surface area contributed by atoms with Gasteiger partial charge in [0.05, 0.1) is 0 Å². The molecule has 21 heavy (non-hydrogen) atoms. The van der Waals surface area contributed by atoms with Crippen LogP contribution in [0.4, 0.5) is 0 Å². The number of phenols is 1. The molecule has 0 aliphatic rings. The molecule has 1 atom stereocenters. The molecule has 2 heteroatoms. The maximum absolute atomic E-state index is 9.46. The Morgan fingerprint density at radius 3 is 2.19 bits per heavy atom. The zero-order valence-electron chi connectivity index (χ0n) is 13.0. The van der Waals surface area contributed by atoms with E-state index in [0.717, 1.165) is 25.9 Å². The monoisotopic (exact) mass is 283 g/mol. The Morgan fingerprint density at radius 1 is 0.952 bits per heavy atom. The third kappa shape index (κ3) is 3.85. The quantitative estimate of drug-likeness (QED) is 0.808. The number of hydrogen-bond donors (Lipinski definition) is 2. The summed E-state index contributed by atoms with van der Waals surface area (Å²) in [5, 5.41) is 13.0. The van der Waals surface area contributed by atoms with Crippen molar-refractivity contribution in [2.24, 2.45) is 0 Å². The van der Waals surface area contributed by atoms with Gasteiger partial charge in [0.2, 0.25) is 0 Å². The molecule has 2 aromatic carbocycles. The standard InChI is InChI=1S/C19H25NO/c1-3-19(15-20-4-2,17-8-6-5-7-9-17)14-16-10-12-18(21)13-11-16/h5-13,20-21H,3-4,14-15H2,1-2H3. The summed E-state index contributed by atoms with van der Waals surface area (Å²) in [4.78, 5) is 0. The van der Waals surface area contributed by atoms with Gasteiger partial charge in [0, 0.05) is 12.0 Å². The number of hydrogen-bond acceptors (Lipinski definition) is 2. The van der Waals surface area contributed by atoms with Crippen LogP contribution in [0.3, 0.4) is 0 Å². The molecule has 2 N–H and O–H groups in total. The third-order valence-corrected chi connectivity index (χ3v) is 4.26. The Hall–Kier alpha value is -1.80. The molecular formula is C19H25NO. The molecule has 0 amide bonds. The Balaban J connectivity index is 2.32. The molecule has 0 saturated heterocycles. The molecule has 0 bridgehead atoms. The second-order valence-corrected chi connectivity index (χ2v) is 5.62. The van der Waals surface area contributed by atoms with Gasteiger partial charge in [-0.1, -0.05) is 56.3 Å². The molecule has 1 unspecified atom stereocenters. The van der Waals surface area contributed by atoms with Gasteiger partial charge in [-0.05, 0) is 42.6 Å². The second kappa shape index (κ2) is 7.28. The highest BCUT2D eigenvalue weighted by molar-refractivity contribution is 5.32. The number of rotatable bonds is 7. The number of nitrogens with one attached hydrogen (secondary N) is 1. The normalized spacial score (nSPS) is 13.8. The van der Waals surface area contributed by atoms with Crippen molar-refractivity contribution in [3.05, 3.63) is 65.7 Å². The molecule has 0 saturated carbocycles. The Kier molecular flexibility index (Phi) is 5.40. The van der Waals surface area contributed by atoms with Crippen LogP contribution in [0.2, 0.25) is 0 Å². The first-order valence-electron chi connectivity index (χ1n) is 7.74. The molecular weight excluding hydrogens is 258 g/mol. The van der Waals surface area contributed by atoms with Crippen LogP contribution in [0.5, 0.6) is 5.75 Å². The van der Waals surface area contributed by atoms with Crippen LogP contribution in [0.1, 0.15) is 31.4 Å². The van der Waals surface area contributed by atoms with Crippen LogP contribution in [0.15, 0.2) is 54.6 Å². The van der Waals surface area contributed by atoms with Gasteiger partial charge >= 0.3 is 0 Å². The lowest BCUT2D eigenvalue weighted by Gasteiger charge is -2.34. The Morgan fingerprint density at radius 2 is 1.62 bits per heavy atom. The third-order valence-electron chi connectivity index (χ3n) is 4.26. The Bertz CT molecular complexity index is 535. The lowest BCUT2D eigenvalue weighted by molar-refractivity contribution is 0.382. The van der Waals surface area contributed by atoms with E-state index < -0.39 is 0 Å². The number of likely N-dealkylation sites (N-methyl/N-ethyl adjacent to an activating group) is 1. The minimum absolute atomic E-state index is 0.0915. The molecule has 0 heterocycles. The largest absolute Gasteiger partial charge is 0.508 e. The molecule has 0 aromatic heterocycles. The maximum Gasteiger partial charge on any atom is 0.115 e. The van der Waals surface area contributed by atoms with Crippen molar-refractivity contribution in [3.63, 3.8) is 0 Å². The zero-order valence-corrected chi connectivity index (χ0v) is 13.0. The van der Waals surface area contributed by atoms with Crippen LogP contribution >= 0.6 is 0 Å². The molecule has 112 valence electrons. The molecule has 0 aliphatic heterocycles. The van der Waals surface area contributed by atoms with E-state index >= 15 is 0 Å². The summed E-state index contributed by atoms with van der Waals surface area (Å²) >= 11 is 0. The molecule has 0 fully saturated rings. The van der Waals surface area contributed by atoms with Gasteiger partial charge in [0.15, 0.2) is 0 Å². The molecule has 0 spiro atoms. The fourth-order valence-electron chi connectivity index (χ4n) is 2.88. The SMILES string of the molecule is CCNCC(CC)(Cc1ccc(O)cc1)c1ccccc1. The highest BCUT2D eigenvalue weighted by Crippen LogP contribution is 2.32. The highest BCUT2D eigenvalue weighted by Gasteiger charge is 2.30. The van der Waals surface area contributed by atoms with E-state index in [1.54, 1.807) is 12.1 Å². The van der Waals surface area contributed by atoms with E-state index in [2.05, 4.69) is 49.5 Å². The first-order valence-corrected chi connectivity index (χ1v) is 7.74. The van der Waals surface area contributed by atoms with E-state index in [-0.39, 0.29) is 5.41 Å². The topological polar surface area (TPSA) is 32.3 Å². The van der Waals surface area contributed by atoms with Crippen LogP contribution in [0.25, 0.3) is 0 Å². The lowest BCUT2D eigenvalue weighted by Crippen LogP contribution is -2.39. The first kappa shape index (κ1) is 15.6. The zero-order chi connectivity index (χ0) is 15.1. The number of aromatic hydroxyl groups is 1. The van der Waals surface area contributed by atoms with Gasteiger partial charge in [0.25, 0.3) is 0 Å². The second-order valence-electron chi connectivity index (χ2n) is 5.62. The molecule has 0 radical (unpaired) electrons. The van der Waals surface area contributed by atoms with Crippen molar-refractivity contribution in [1.29, 1.82) is 0 Å². The summed E-state index contributed by atoms with van der Waals surface area (Å²) in [5.74, 6) is 0.326. The molecule has 0 aliphatic carbocycles. The fourth-order valence-corrected chi connectivity index (χ4v) is 2.88. The van der Waals surface area contributed by atoms with Gasteiger partial charge in [0.1, 0.15) is 5.75 Å². The summed E-state index contributed by atoms with van der Waals surface area (Å²) < 4.78 is 0. The van der Waals surface area contributed by atoms with E-state index in [1.807, 2.05) is 12.1 Å². The van der Waals surface area contributed by atoms with Crippen molar-refractivity contribution < 1.29 is 5.11 Å². The fraction of sp³-hybridized carbons (Fsp3) is 0.368. The van der Waals surface area contributed by atoms with Gasteiger partial charge in [-0.25, -0.2) is 0 Å². The summed E-state index contributed by atoms with van der Waals surface area (Å²) in [6.07, 6.45) is 2.05. The van der Waals surface area contributed by atoms with Crippen molar-refractivity contribution in [2.45, 2.75) is 32.1 Å². The van der Waals surface area contributed by atoms with Crippen LogP contribution in [0, 0.1) is 0 Å². The summed E-state index contributed by atoms with van der Waals surface area (Å²) in [6, 6.07) is 18.3. The van der Waals surface area contributed by atoms with E-state index in [0.29, 0.717) is 5.75 Å². The van der Waals surface area contributed by atoms with Gasteiger partial charge in [-0.15, -0.1) is 0 Å². The first-order chi connectivity index (χ1) is 10.2. The van der Waals surface area contributed by atoms with E-state index in [9.17, 15) is 5.11 Å². The minimum Gasteiger partial charge on any atom is -0.508 e. The van der Waals surface area contributed by atoms with E-state index in [1.165, 1.54) is 11.1 Å². The van der Waals surface area contributed by atoms with Crippen molar-refractivity contribution in [3.8, 4) is 5.75 Å². The number of phenolic OH excluding ortho intramolecular Hbond substituents is 1. The van der Waals surface area contributed by atoms with Gasteiger partial charge in [-0.2, -0.15) is 0 Å². The van der Waals surface area contributed by atoms with Gasteiger partial charge < -0.3 is 10.4 Å². The summed E-state index contributed by atoms with van der Waals surface area (Å²) in [6.45, 7) is 6.34. The van der Waals surface area contributed by atoms with Crippen molar-refractivity contribution >= 4 is 0 Å². The molecule has 2 aromatic rings. The van der Waals surface area contributed by atoms with Crippen LogP contribution in [-0.2, 0) is 11.8 Å². The molecule has 2 rings (SSSR count).